The summed E-state index contributed by atoms with van der Waals surface area (Å²) in [5, 5.41) is 0.451. The van der Waals surface area contributed by atoms with Crippen LogP contribution in [0.5, 0.6) is 0 Å². The zero-order chi connectivity index (χ0) is 15.7. The monoisotopic (exact) mass is 317 g/mol. The number of fused-ring (bicyclic) bond motifs is 1. The quantitative estimate of drug-likeness (QED) is 0.852. The normalized spacial score (nSPS) is 13.6. The van der Waals surface area contributed by atoms with Gasteiger partial charge in [0.1, 0.15) is 5.00 Å². The van der Waals surface area contributed by atoms with E-state index >= 15 is 0 Å². The topological polar surface area (TPSA) is 85.5 Å². The van der Waals surface area contributed by atoms with Gasteiger partial charge in [-0.2, -0.15) is 0 Å². The summed E-state index contributed by atoms with van der Waals surface area (Å²) >= 11 is 1.34. The number of carbonyl (C=O) groups excluding carboxylic acids is 2. The van der Waals surface area contributed by atoms with Crippen LogP contribution in [-0.2, 0) is 17.7 Å². The molecule has 6 nitrogen and oxygen atoms in total. The Hall–Kier alpha value is -2.41. The number of esters is 1. The van der Waals surface area contributed by atoms with E-state index in [1.54, 1.807) is 29.4 Å². The Morgan fingerprint density at radius 1 is 1.45 bits per heavy atom. The molecule has 0 bridgehead atoms. The third-order valence-corrected chi connectivity index (χ3v) is 4.72. The average molecular weight is 317 g/mol. The lowest BCUT2D eigenvalue weighted by atomic mass is 10.0. The second-order valence-corrected chi connectivity index (χ2v) is 6.09. The molecule has 7 heteroatoms. The first-order valence-corrected chi connectivity index (χ1v) is 7.61. The van der Waals surface area contributed by atoms with Gasteiger partial charge in [-0.25, -0.2) is 4.79 Å². The maximum absolute atomic E-state index is 12.5. The summed E-state index contributed by atoms with van der Waals surface area (Å²) in [7, 11) is 1.34. The molecule has 2 aromatic rings. The van der Waals surface area contributed by atoms with Crippen LogP contribution < -0.4 is 5.73 Å². The van der Waals surface area contributed by atoms with Crippen LogP contribution in [0, 0.1) is 0 Å². The van der Waals surface area contributed by atoms with Crippen LogP contribution in [0.2, 0.25) is 0 Å². The van der Waals surface area contributed by atoms with Crippen molar-refractivity contribution in [3.63, 3.8) is 0 Å². The number of amides is 1. The SMILES string of the molecule is COC(=O)c1c(N)sc2c1CCN(C(=O)c1cccnc1)C2. The van der Waals surface area contributed by atoms with E-state index in [-0.39, 0.29) is 5.91 Å². The molecule has 3 heterocycles. The number of thiophene rings is 1. The Kier molecular flexibility index (Phi) is 3.81. The Bertz CT molecular complexity index is 727. The number of ether oxygens (including phenoxy) is 1. The zero-order valence-electron chi connectivity index (χ0n) is 12.0. The van der Waals surface area contributed by atoms with Crippen molar-refractivity contribution < 1.29 is 14.3 Å². The Labute approximate surface area is 131 Å². The van der Waals surface area contributed by atoms with Gasteiger partial charge in [-0.05, 0) is 24.1 Å². The molecular weight excluding hydrogens is 302 g/mol. The first-order valence-electron chi connectivity index (χ1n) is 6.79. The summed E-state index contributed by atoms with van der Waals surface area (Å²) in [5.74, 6) is -0.479. The lowest BCUT2D eigenvalue weighted by Gasteiger charge is -2.27. The Balaban J connectivity index is 1.86. The van der Waals surface area contributed by atoms with Crippen LogP contribution in [0.3, 0.4) is 0 Å². The number of hydrogen-bond donors (Lipinski definition) is 1. The molecule has 0 unspecified atom stereocenters. The van der Waals surface area contributed by atoms with E-state index in [1.165, 1.54) is 18.4 Å². The standard InChI is InChI=1S/C15H15N3O3S/c1-21-15(20)12-10-4-6-18(8-11(10)22-13(12)16)14(19)9-3-2-5-17-7-9/h2-3,5,7H,4,6,8,16H2,1H3. The van der Waals surface area contributed by atoms with Gasteiger partial charge in [0, 0.05) is 23.8 Å². The van der Waals surface area contributed by atoms with Gasteiger partial charge < -0.3 is 15.4 Å². The molecule has 0 fully saturated rings. The molecule has 0 saturated carbocycles. The summed E-state index contributed by atoms with van der Waals surface area (Å²) in [6, 6.07) is 3.48. The highest BCUT2D eigenvalue weighted by atomic mass is 32.1. The van der Waals surface area contributed by atoms with E-state index < -0.39 is 5.97 Å². The van der Waals surface area contributed by atoms with E-state index in [9.17, 15) is 9.59 Å². The van der Waals surface area contributed by atoms with Crippen LogP contribution in [0.15, 0.2) is 24.5 Å². The Morgan fingerprint density at radius 3 is 2.95 bits per heavy atom. The van der Waals surface area contributed by atoms with Crippen molar-refractivity contribution in [2.75, 3.05) is 19.4 Å². The van der Waals surface area contributed by atoms with Crippen molar-refractivity contribution in [1.29, 1.82) is 0 Å². The van der Waals surface area contributed by atoms with Crippen molar-refractivity contribution in [2.24, 2.45) is 0 Å². The summed E-state index contributed by atoms with van der Waals surface area (Å²) < 4.78 is 4.78. The van der Waals surface area contributed by atoms with Gasteiger partial charge in [0.2, 0.25) is 0 Å². The Morgan fingerprint density at radius 2 is 2.27 bits per heavy atom. The largest absolute Gasteiger partial charge is 0.465 e. The molecule has 0 aromatic carbocycles. The van der Waals surface area contributed by atoms with Crippen LogP contribution in [0.4, 0.5) is 5.00 Å². The van der Waals surface area contributed by atoms with Gasteiger partial charge in [0.05, 0.1) is 24.8 Å². The molecule has 22 heavy (non-hydrogen) atoms. The molecule has 0 aliphatic carbocycles. The highest BCUT2D eigenvalue weighted by molar-refractivity contribution is 7.16. The van der Waals surface area contributed by atoms with Gasteiger partial charge in [0.25, 0.3) is 5.91 Å². The molecule has 2 N–H and O–H groups in total. The predicted octanol–water partition coefficient (Wildman–Crippen LogP) is 1.71. The lowest BCUT2D eigenvalue weighted by Crippen LogP contribution is -2.35. The highest BCUT2D eigenvalue weighted by Crippen LogP contribution is 2.35. The second kappa shape index (κ2) is 5.76. The van der Waals surface area contributed by atoms with Crippen molar-refractivity contribution in [2.45, 2.75) is 13.0 Å². The first kappa shape index (κ1) is 14.5. The number of nitrogens with zero attached hydrogens (tertiary/aromatic N) is 2. The number of anilines is 1. The average Bonchev–Trinajstić information content (AvgIpc) is 2.89. The minimum atomic E-state index is -0.415. The van der Waals surface area contributed by atoms with Gasteiger partial charge in [-0.3, -0.25) is 9.78 Å². The number of methoxy groups -OCH3 is 1. The van der Waals surface area contributed by atoms with Crippen molar-refractivity contribution in [3.8, 4) is 0 Å². The third kappa shape index (κ3) is 2.43. The summed E-state index contributed by atoms with van der Waals surface area (Å²) in [6.45, 7) is 0.996. The van der Waals surface area contributed by atoms with Crippen LogP contribution in [0.1, 0.15) is 31.2 Å². The van der Waals surface area contributed by atoms with E-state index in [0.29, 0.717) is 35.6 Å². The van der Waals surface area contributed by atoms with Gasteiger partial charge in [0.15, 0.2) is 0 Å². The smallest absolute Gasteiger partial charge is 0.341 e. The number of rotatable bonds is 2. The third-order valence-electron chi connectivity index (χ3n) is 3.67. The maximum atomic E-state index is 12.5. The van der Waals surface area contributed by atoms with E-state index in [1.807, 2.05) is 0 Å². The molecule has 1 aliphatic heterocycles. The molecule has 2 aromatic heterocycles. The predicted molar refractivity (Wildman–Crippen MR) is 82.8 cm³/mol. The molecule has 0 atom stereocenters. The fourth-order valence-corrected chi connectivity index (χ4v) is 3.72. The van der Waals surface area contributed by atoms with Gasteiger partial charge >= 0.3 is 5.97 Å². The lowest BCUT2D eigenvalue weighted by molar-refractivity contribution is 0.0600. The molecule has 0 radical (unpaired) electrons. The summed E-state index contributed by atoms with van der Waals surface area (Å²) in [6.07, 6.45) is 3.79. The van der Waals surface area contributed by atoms with Crippen molar-refractivity contribution in [3.05, 3.63) is 46.1 Å². The zero-order valence-corrected chi connectivity index (χ0v) is 12.9. The fraction of sp³-hybridized carbons (Fsp3) is 0.267. The van der Waals surface area contributed by atoms with Crippen LogP contribution in [-0.4, -0.2) is 35.4 Å². The molecule has 1 amide bonds. The number of nitrogens with two attached hydrogens (primary N) is 1. The second-order valence-electron chi connectivity index (χ2n) is 4.95. The number of carbonyl (C=O) groups is 2. The fourth-order valence-electron chi connectivity index (χ4n) is 2.60. The minimum Gasteiger partial charge on any atom is -0.465 e. The maximum Gasteiger partial charge on any atom is 0.341 e. The van der Waals surface area contributed by atoms with Crippen molar-refractivity contribution >= 4 is 28.2 Å². The highest BCUT2D eigenvalue weighted by Gasteiger charge is 2.29. The van der Waals surface area contributed by atoms with E-state index in [0.717, 1.165) is 10.4 Å². The minimum absolute atomic E-state index is 0.0645. The molecule has 114 valence electrons. The van der Waals surface area contributed by atoms with E-state index in [4.69, 9.17) is 10.5 Å². The molecule has 3 rings (SSSR count). The van der Waals surface area contributed by atoms with Crippen LogP contribution in [0.25, 0.3) is 0 Å². The number of hydrogen-bond acceptors (Lipinski definition) is 6. The number of pyridine rings is 1. The summed E-state index contributed by atoms with van der Waals surface area (Å²) in [5.41, 5.74) is 7.86. The number of aromatic nitrogens is 1. The van der Waals surface area contributed by atoms with E-state index in [2.05, 4.69) is 4.98 Å². The van der Waals surface area contributed by atoms with Crippen LogP contribution >= 0.6 is 11.3 Å². The molecule has 0 saturated heterocycles. The van der Waals surface area contributed by atoms with Crippen molar-refractivity contribution in [1.82, 2.24) is 9.88 Å². The van der Waals surface area contributed by atoms with Gasteiger partial charge in [-0.15, -0.1) is 11.3 Å². The molecule has 1 aliphatic rings. The number of nitrogen functional groups attached to an aromatic ring is 1. The van der Waals surface area contributed by atoms with Gasteiger partial charge in [-0.1, -0.05) is 0 Å². The molecular formula is C15H15N3O3S. The molecule has 0 spiro atoms. The summed E-state index contributed by atoms with van der Waals surface area (Å²) in [4.78, 5) is 30.9. The first-order chi connectivity index (χ1) is 10.6.